The van der Waals surface area contributed by atoms with Crippen molar-refractivity contribution in [2.75, 3.05) is 11.5 Å². The van der Waals surface area contributed by atoms with Crippen LogP contribution in [-0.2, 0) is 9.59 Å². The smallest absolute Gasteiger partial charge is 0.300 e. The van der Waals surface area contributed by atoms with Gasteiger partial charge in [-0.15, -0.1) is 0 Å². The molecule has 6 nitrogen and oxygen atoms in total. The molecule has 0 spiro atoms. The van der Waals surface area contributed by atoms with E-state index < -0.39 is 23.5 Å². The minimum atomic E-state index is -0.974. The number of carbonyl (C=O) groups is 2. The molecule has 0 radical (unpaired) electrons. The minimum Gasteiger partial charge on any atom is -0.508 e. The van der Waals surface area contributed by atoms with Crippen molar-refractivity contribution in [1.29, 1.82) is 0 Å². The Morgan fingerprint density at radius 2 is 1.69 bits per heavy atom. The van der Waals surface area contributed by atoms with Crippen molar-refractivity contribution in [1.82, 2.24) is 0 Å². The van der Waals surface area contributed by atoms with Crippen molar-refractivity contribution >= 4 is 23.1 Å². The van der Waals surface area contributed by atoms with Crippen LogP contribution in [0.1, 0.15) is 36.6 Å². The van der Waals surface area contributed by atoms with Crippen molar-refractivity contribution in [3.8, 4) is 11.5 Å². The fourth-order valence-corrected chi connectivity index (χ4v) is 4.04. The zero-order chi connectivity index (χ0) is 25.3. The van der Waals surface area contributed by atoms with E-state index in [2.05, 4.69) is 0 Å². The van der Waals surface area contributed by atoms with Gasteiger partial charge in [0.25, 0.3) is 11.7 Å². The molecule has 2 N–H and O–H groups in total. The number of hydrogen-bond donors (Lipinski definition) is 2. The average molecular weight is 476 g/mol. The minimum absolute atomic E-state index is 0.0140. The van der Waals surface area contributed by atoms with Crippen LogP contribution in [0.15, 0.2) is 72.3 Å². The molecule has 35 heavy (non-hydrogen) atoms. The molecule has 0 aliphatic carbocycles. The number of amides is 1. The van der Waals surface area contributed by atoms with Crippen LogP contribution >= 0.6 is 0 Å². The van der Waals surface area contributed by atoms with Gasteiger partial charge in [-0.2, -0.15) is 0 Å². The van der Waals surface area contributed by atoms with Crippen LogP contribution in [0.25, 0.3) is 5.76 Å². The Morgan fingerprint density at radius 1 is 1.03 bits per heavy atom. The number of aliphatic hydroxyl groups is 1. The molecule has 1 atom stereocenters. The third-order valence-electron chi connectivity index (χ3n) is 5.78. The number of ether oxygens (including phenoxy) is 1. The number of hydrogen-bond acceptors (Lipinski definition) is 5. The summed E-state index contributed by atoms with van der Waals surface area (Å²) < 4.78 is 19.4. The van der Waals surface area contributed by atoms with Gasteiger partial charge in [-0.05, 0) is 78.6 Å². The highest BCUT2D eigenvalue weighted by Crippen LogP contribution is 2.42. The second-order valence-corrected chi connectivity index (χ2v) is 8.92. The largest absolute Gasteiger partial charge is 0.508 e. The summed E-state index contributed by atoms with van der Waals surface area (Å²) in [5.74, 6) is -1.49. The maximum atomic E-state index is 13.5. The van der Waals surface area contributed by atoms with Crippen molar-refractivity contribution in [2.45, 2.75) is 26.8 Å². The number of ketones is 1. The normalized spacial score (nSPS) is 17.3. The highest BCUT2D eigenvalue weighted by atomic mass is 19.1. The van der Waals surface area contributed by atoms with Crippen LogP contribution in [0.5, 0.6) is 11.5 Å². The zero-order valence-electron chi connectivity index (χ0n) is 19.7. The predicted octanol–water partition coefficient (Wildman–Crippen LogP) is 5.50. The SMILES string of the molecule is Cc1cc(/C(O)=C2/C(=O)C(=O)N(c3ccc(F)cc3)C2c2ccc(O)cc2)ccc1OCC(C)C. The van der Waals surface area contributed by atoms with E-state index in [1.165, 1.54) is 41.3 Å². The lowest BCUT2D eigenvalue weighted by Gasteiger charge is -2.25. The number of anilines is 1. The zero-order valence-corrected chi connectivity index (χ0v) is 19.7. The van der Waals surface area contributed by atoms with Crippen LogP contribution in [0.2, 0.25) is 0 Å². The summed E-state index contributed by atoms with van der Waals surface area (Å²) in [6.45, 7) is 6.45. The van der Waals surface area contributed by atoms with Gasteiger partial charge in [0.2, 0.25) is 0 Å². The van der Waals surface area contributed by atoms with Crippen LogP contribution in [0.3, 0.4) is 0 Å². The van der Waals surface area contributed by atoms with Gasteiger partial charge in [-0.25, -0.2) is 4.39 Å². The number of Topliss-reactive ketones (excluding diaryl/α,β-unsaturated/α-hetero) is 1. The van der Waals surface area contributed by atoms with E-state index in [0.29, 0.717) is 35.1 Å². The maximum Gasteiger partial charge on any atom is 0.300 e. The molecule has 1 saturated heterocycles. The van der Waals surface area contributed by atoms with Crippen LogP contribution in [0.4, 0.5) is 10.1 Å². The lowest BCUT2D eigenvalue weighted by molar-refractivity contribution is -0.132. The number of halogens is 1. The molecule has 1 aliphatic heterocycles. The first-order valence-corrected chi connectivity index (χ1v) is 11.3. The molecular formula is C28H26FNO5. The van der Waals surface area contributed by atoms with Crippen LogP contribution in [-0.4, -0.2) is 28.5 Å². The molecule has 1 aliphatic rings. The lowest BCUT2D eigenvalue weighted by atomic mass is 9.94. The maximum absolute atomic E-state index is 13.5. The Hall–Kier alpha value is -4.13. The summed E-state index contributed by atoms with van der Waals surface area (Å²) in [7, 11) is 0. The number of rotatable bonds is 6. The van der Waals surface area contributed by atoms with Crippen LogP contribution in [0, 0.1) is 18.7 Å². The molecule has 0 saturated carbocycles. The van der Waals surface area contributed by atoms with Crippen molar-refractivity contribution in [2.24, 2.45) is 5.92 Å². The summed E-state index contributed by atoms with van der Waals surface area (Å²) in [6.07, 6.45) is 0. The van der Waals surface area contributed by atoms with Gasteiger partial charge >= 0.3 is 0 Å². The third kappa shape index (κ3) is 4.75. The Labute approximate surface area is 202 Å². The number of carbonyl (C=O) groups excluding carboxylic acids is 2. The Bertz CT molecular complexity index is 1300. The molecule has 7 heteroatoms. The highest BCUT2D eigenvalue weighted by molar-refractivity contribution is 6.51. The molecule has 180 valence electrons. The highest BCUT2D eigenvalue weighted by Gasteiger charge is 2.47. The van der Waals surface area contributed by atoms with E-state index in [9.17, 15) is 24.2 Å². The van der Waals surface area contributed by atoms with Gasteiger partial charge in [0.05, 0.1) is 18.2 Å². The van der Waals surface area contributed by atoms with E-state index in [1.54, 1.807) is 30.3 Å². The number of aryl methyl sites for hydroxylation is 1. The Kier molecular flexibility index (Phi) is 6.60. The number of phenolic OH excluding ortho intramolecular Hbond substituents is 1. The molecule has 3 aromatic carbocycles. The fourth-order valence-electron chi connectivity index (χ4n) is 4.04. The first kappa shape index (κ1) is 24.0. The molecule has 0 bridgehead atoms. The molecule has 4 rings (SSSR count). The first-order valence-electron chi connectivity index (χ1n) is 11.3. The topological polar surface area (TPSA) is 87.1 Å². The average Bonchev–Trinajstić information content (AvgIpc) is 3.09. The Morgan fingerprint density at radius 3 is 2.29 bits per heavy atom. The first-order chi connectivity index (χ1) is 16.7. The van der Waals surface area contributed by atoms with E-state index in [0.717, 1.165) is 5.56 Å². The van der Waals surface area contributed by atoms with Crippen molar-refractivity contribution in [3.05, 3.63) is 94.8 Å². The van der Waals surface area contributed by atoms with Crippen molar-refractivity contribution < 1.29 is 28.9 Å². The van der Waals surface area contributed by atoms with E-state index in [4.69, 9.17) is 4.74 Å². The van der Waals surface area contributed by atoms with Crippen molar-refractivity contribution in [3.63, 3.8) is 0 Å². The molecule has 1 heterocycles. The van der Waals surface area contributed by atoms with E-state index >= 15 is 0 Å². The molecule has 0 aromatic heterocycles. The number of aromatic hydroxyl groups is 1. The van der Waals surface area contributed by atoms with Gasteiger partial charge in [0.1, 0.15) is 23.1 Å². The second kappa shape index (κ2) is 9.62. The van der Waals surface area contributed by atoms with Gasteiger partial charge in [0, 0.05) is 11.3 Å². The molecule has 1 unspecified atom stereocenters. The quantitative estimate of drug-likeness (QED) is 0.279. The Balaban J connectivity index is 1.84. The molecule has 1 fully saturated rings. The van der Waals surface area contributed by atoms with Crippen LogP contribution < -0.4 is 9.64 Å². The van der Waals surface area contributed by atoms with Gasteiger partial charge in [-0.3, -0.25) is 14.5 Å². The van der Waals surface area contributed by atoms with Gasteiger partial charge in [0.15, 0.2) is 0 Å². The predicted molar refractivity (Wildman–Crippen MR) is 131 cm³/mol. The number of aliphatic hydroxyl groups excluding tert-OH is 1. The van der Waals surface area contributed by atoms with E-state index in [1.807, 2.05) is 20.8 Å². The summed E-state index contributed by atoms with van der Waals surface area (Å²) in [5.41, 5.74) is 1.84. The third-order valence-corrected chi connectivity index (χ3v) is 5.78. The number of benzene rings is 3. The number of phenols is 1. The standard InChI is InChI=1S/C28H26FNO5/c1-16(2)15-35-23-13-6-19(14-17(23)3)26(32)24-25(18-4-11-22(31)12-5-18)30(28(34)27(24)33)21-9-7-20(29)8-10-21/h4-14,16,25,31-32H,15H2,1-3H3/b26-24-. The summed E-state index contributed by atoms with van der Waals surface area (Å²) in [5, 5.41) is 21.0. The van der Waals surface area contributed by atoms with Gasteiger partial charge in [-0.1, -0.05) is 26.0 Å². The fraction of sp³-hybridized carbons (Fsp3) is 0.214. The summed E-state index contributed by atoms with van der Waals surface area (Å²) >= 11 is 0. The van der Waals surface area contributed by atoms with Gasteiger partial charge < -0.3 is 14.9 Å². The molecule has 3 aromatic rings. The lowest BCUT2D eigenvalue weighted by Crippen LogP contribution is -2.29. The van der Waals surface area contributed by atoms with E-state index in [-0.39, 0.29) is 17.1 Å². The molecule has 1 amide bonds. The molecular weight excluding hydrogens is 449 g/mol. The number of nitrogens with zero attached hydrogens (tertiary/aromatic N) is 1. The summed E-state index contributed by atoms with van der Waals surface area (Å²) in [4.78, 5) is 27.5. The summed E-state index contributed by atoms with van der Waals surface area (Å²) in [6, 6.07) is 15.3. The monoisotopic (exact) mass is 475 g/mol. The second-order valence-electron chi connectivity index (χ2n) is 8.92.